The Bertz CT molecular complexity index is 992. The van der Waals surface area contributed by atoms with Crippen LogP contribution in [0.3, 0.4) is 0 Å². The average molecular weight is 383 g/mol. The van der Waals surface area contributed by atoms with Gasteiger partial charge in [-0.15, -0.1) is 11.3 Å². The van der Waals surface area contributed by atoms with Gasteiger partial charge in [0.25, 0.3) is 5.56 Å². The SMILES string of the molecule is C=CCOc1ccc(CN(C)C(=O)CCn2cnc3sccc3c2=O)cc1. The molecule has 140 valence electrons. The van der Waals surface area contributed by atoms with Gasteiger partial charge in [0.2, 0.25) is 5.91 Å². The average Bonchev–Trinajstić information content (AvgIpc) is 3.16. The number of amides is 1. The molecule has 0 fully saturated rings. The van der Waals surface area contributed by atoms with Gasteiger partial charge in [0, 0.05) is 26.6 Å². The second-order valence-corrected chi connectivity index (χ2v) is 7.02. The molecule has 3 rings (SSSR count). The van der Waals surface area contributed by atoms with Crippen LogP contribution in [0.5, 0.6) is 5.75 Å². The van der Waals surface area contributed by atoms with Crippen LogP contribution in [0.4, 0.5) is 0 Å². The lowest BCUT2D eigenvalue weighted by Crippen LogP contribution is -2.29. The zero-order valence-electron chi connectivity index (χ0n) is 15.1. The van der Waals surface area contributed by atoms with Crippen LogP contribution in [-0.4, -0.2) is 34.0 Å². The minimum atomic E-state index is -0.105. The summed E-state index contributed by atoms with van der Waals surface area (Å²) in [6.45, 7) is 4.89. The van der Waals surface area contributed by atoms with E-state index in [0.717, 1.165) is 16.1 Å². The molecule has 0 saturated carbocycles. The molecule has 2 aromatic heterocycles. The van der Waals surface area contributed by atoms with Crippen LogP contribution in [0.2, 0.25) is 0 Å². The molecule has 6 nitrogen and oxygen atoms in total. The molecule has 0 unspecified atom stereocenters. The van der Waals surface area contributed by atoms with E-state index in [2.05, 4.69) is 11.6 Å². The maximum atomic E-state index is 12.4. The van der Waals surface area contributed by atoms with E-state index in [1.807, 2.05) is 29.6 Å². The van der Waals surface area contributed by atoms with Crippen molar-refractivity contribution in [3.05, 3.63) is 70.6 Å². The molecular weight excluding hydrogens is 362 g/mol. The summed E-state index contributed by atoms with van der Waals surface area (Å²) in [5.74, 6) is 0.739. The third kappa shape index (κ3) is 4.62. The zero-order chi connectivity index (χ0) is 19.2. The summed E-state index contributed by atoms with van der Waals surface area (Å²) < 4.78 is 6.94. The number of rotatable bonds is 8. The minimum Gasteiger partial charge on any atom is -0.490 e. The number of carbonyl (C=O) groups excluding carboxylic acids is 1. The first-order valence-electron chi connectivity index (χ1n) is 8.57. The standard InChI is InChI=1S/C20H21N3O3S/c1-3-11-26-16-6-4-15(5-7-16)13-22(2)18(24)8-10-23-14-21-19-17(20(23)25)9-12-27-19/h3-7,9,12,14H,1,8,10-11,13H2,2H3. The number of thiophene rings is 1. The van der Waals surface area contributed by atoms with Gasteiger partial charge in [-0.2, -0.15) is 0 Å². The fraction of sp³-hybridized carbons (Fsp3) is 0.250. The molecule has 1 amide bonds. The molecule has 1 aromatic carbocycles. The van der Waals surface area contributed by atoms with Crippen LogP contribution < -0.4 is 10.3 Å². The third-order valence-electron chi connectivity index (χ3n) is 4.15. The Morgan fingerprint density at radius 1 is 1.33 bits per heavy atom. The molecular formula is C20H21N3O3S. The molecule has 0 aliphatic carbocycles. The van der Waals surface area contributed by atoms with E-state index < -0.39 is 0 Å². The normalized spacial score (nSPS) is 10.7. The molecule has 0 aliphatic heterocycles. The number of aryl methyl sites for hydroxylation is 1. The molecule has 27 heavy (non-hydrogen) atoms. The molecule has 0 atom stereocenters. The highest BCUT2D eigenvalue weighted by atomic mass is 32.1. The van der Waals surface area contributed by atoms with E-state index in [4.69, 9.17) is 4.74 Å². The van der Waals surface area contributed by atoms with E-state index >= 15 is 0 Å². The van der Waals surface area contributed by atoms with E-state index in [1.165, 1.54) is 22.2 Å². The van der Waals surface area contributed by atoms with Crippen LogP contribution in [0, 0.1) is 0 Å². The van der Waals surface area contributed by atoms with Crippen LogP contribution in [0.1, 0.15) is 12.0 Å². The van der Waals surface area contributed by atoms with Crippen molar-refractivity contribution in [1.82, 2.24) is 14.5 Å². The topological polar surface area (TPSA) is 64.4 Å². The number of hydrogen-bond donors (Lipinski definition) is 0. The summed E-state index contributed by atoms with van der Waals surface area (Å²) in [6.07, 6.45) is 3.45. The number of aromatic nitrogens is 2. The maximum absolute atomic E-state index is 12.4. The van der Waals surface area contributed by atoms with Gasteiger partial charge in [0.1, 0.15) is 17.2 Å². The largest absolute Gasteiger partial charge is 0.490 e. The van der Waals surface area contributed by atoms with Crippen molar-refractivity contribution < 1.29 is 9.53 Å². The number of nitrogens with zero attached hydrogens (tertiary/aromatic N) is 3. The zero-order valence-corrected chi connectivity index (χ0v) is 15.9. The Balaban J connectivity index is 1.56. The van der Waals surface area contributed by atoms with Crippen molar-refractivity contribution in [2.24, 2.45) is 0 Å². The van der Waals surface area contributed by atoms with E-state index in [9.17, 15) is 9.59 Å². The first-order valence-corrected chi connectivity index (χ1v) is 9.45. The summed E-state index contributed by atoms with van der Waals surface area (Å²) in [5, 5.41) is 2.44. The van der Waals surface area contributed by atoms with Gasteiger partial charge in [0.05, 0.1) is 11.7 Å². The van der Waals surface area contributed by atoms with Crippen LogP contribution in [0.15, 0.2) is 59.5 Å². The second-order valence-electron chi connectivity index (χ2n) is 6.13. The number of carbonyl (C=O) groups is 1. The number of fused-ring (bicyclic) bond motifs is 1. The van der Waals surface area contributed by atoms with Gasteiger partial charge in [-0.1, -0.05) is 24.8 Å². The number of benzene rings is 1. The minimum absolute atomic E-state index is 0.0284. The Labute approximate surface area is 161 Å². The molecule has 3 aromatic rings. The lowest BCUT2D eigenvalue weighted by Gasteiger charge is -2.18. The fourth-order valence-electron chi connectivity index (χ4n) is 2.67. The van der Waals surface area contributed by atoms with Crippen molar-refractivity contribution in [1.29, 1.82) is 0 Å². The molecule has 0 N–H and O–H groups in total. The quantitative estimate of drug-likeness (QED) is 0.561. The van der Waals surface area contributed by atoms with Gasteiger partial charge in [-0.3, -0.25) is 14.2 Å². The Morgan fingerprint density at radius 3 is 2.85 bits per heavy atom. The fourth-order valence-corrected chi connectivity index (χ4v) is 3.39. The molecule has 0 bridgehead atoms. The molecule has 0 saturated heterocycles. The van der Waals surface area contributed by atoms with Gasteiger partial charge < -0.3 is 9.64 Å². The summed E-state index contributed by atoms with van der Waals surface area (Å²) in [7, 11) is 1.76. The lowest BCUT2D eigenvalue weighted by molar-refractivity contribution is -0.130. The first-order chi connectivity index (χ1) is 13.1. The monoisotopic (exact) mass is 383 g/mol. The van der Waals surface area contributed by atoms with Crippen molar-refractivity contribution in [3.63, 3.8) is 0 Å². The van der Waals surface area contributed by atoms with E-state index in [0.29, 0.717) is 25.1 Å². The summed E-state index contributed by atoms with van der Waals surface area (Å²) in [5.41, 5.74) is 0.905. The van der Waals surface area contributed by atoms with Crippen molar-refractivity contribution in [2.45, 2.75) is 19.5 Å². The third-order valence-corrected chi connectivity index (χ3v) is 4.97. The summed E-state index contributed by atoms with van der Waals surface area (Å²) >= 11 is 1.43. The Kier molecular flexibility index (Phi) is 6.03. The van der Waals surface area contributed by atoms with E-state index in [1.54, 1.807) is 24.1 Å². The maximum Gasteiger partial charge on any atom is 0.262 e. The molecule has 7 heteroatoms. The molecule has 0 spiro atoms. The summed E-state index contributed by atoms with van der Waals surface area (Å²) in [6, 6.07) is 9.38. The van der Waals surface area contributed by atoms with Crippen LogP contribution in [-0.2, 0) is 17.9 Å². The number of hydrogen-bond acceptors (Lipinski definition) is 5. The highest BCUT2D eigenvalue weighted by Gasteiger charge is 2.11. The molecule has 0 aliphatic rings. The van der Waals surface area contributed by atoms with Crippen molar-refractivity contribution in [3.8, 4) is 5.75 Å². The van der Waals surface area contributed by atoms with Gasteiger partial charge >= 0.3 is 0 Å². The highest BCUT2D eigenvalue weighted by molar-refractivity contribution is 7.16. The predicted molar refractivity (Wildman–Crippen MR) is 107 cm³/mol. The number of ether oxygens (including phenoxy) is 1. The van der Waals surface area contributed by atoms with Gasteiger partial charge in [0.15, 0.2) is 0 Å². The van der Waals surface area contributed by atoms with Gasteiger partial charge in [-0.05, 0) is 29.1 Å². The lowest BCUT2D eigenvalue weighted by atomic mass is 10.2. The van der Waals surface area contributed by atoms with Crippen LogP contribution >= 0.6 is 11.3 Å². The molecule has 0 radical (unpaired) electrons. The van der Waals surface area contributed by atoms with E-state index in [-0.39, 0.29) is 17.9 Å². The highest BCUT2D eigenvalue weighted by Crippen LogP contribution is 2.15. The van der Waals surface area contributed by atoms with Crippen molar-refractivity contribution in [2.75, 3.05) is 13.7 Å². The van der Waals surface area contributed by atoms with Gasteiger partial charge in [-0.25, -0.2) is 4.98 Å². The predicted octanol–water partition coefficient (Wildman–Crippen LogP) is 3.07. The van der Waals surface area contributed by atoms with Crippen molar-refractivity contribution >= 4 is 27.5 Å². The molecule has 2 heterocycles. The van der Waals surface area contributed by atoms with Crippen LogP contribution in [0.25, 0.3) is 10.2 Å². The Hall–Kier alpha value is -2.93. The smallest absolute Gasteiger partial charge is 0.262 e. The Morgan fingerprint density at radius 2 is 2.11 bits per heavy atom. The summed E-state index contributed by atoms with van der Waals surface area (Å²) in [4.78, 5) is 31.4. The first kappa shape index (κ1) is 18.8. The second kappa shape index (κ2) is 8.64.